The van der Waals surface area contributed by atoms with Gasteiger partial charge in [0.2, 0.25) is 0 Å². The first-order chi connectivity index (χ1) is 9.13. The number of nitrogens with zero attached hydrogens (tertiary/aromatic N) is 1. The molecule has 0 bridgehead atoms. The van der Waals surface area contributed by atoms with Crippen molar-refractivity contribution in [3.8, 4) is 0 Å². The molecule has 3 rings (SSSR count). The number of anilines is 3. The van der Waals surface area contributed by atoms with Crippen LogP contribution in [0.15, 0.2) is 36.5 Å². The van der Waals surface area contributed by atoms with Crippen molar-refractivity contribution in [3.05, 3.63) is 47.1 Å². The molecular weight excluding hydrogens is 260 g/mol. The molecule has 0 fully saturated rings. The van der Waals surface area contributed by atoms with Crippen molar-refractivity contribution >= 4 is 39.6 Å². The van der Waals surface area contributed by atoms with Crippen LogP contribution in [0.2, 0.25) is 5.02 Å². The number of nitrogens with two attached hydrogens (primary N) is 1. The van der Waals surface area contributed by atoms with E-state index < -0.39 is 0 Å². The summed E-state index contributed by atoms with van der Waals surface area (Å²) in [7, 11) is 0. The molecule has 4 nitrogen and oxygen atoms in total. The topological polar surface area (TPSA) is 66.7 Å². The Hall–Kier alpha value is -2.20. The van der Waals surface area contributed by atoms with Crippen molar-refractivity contribution in [1.29, 1.82) is 0 Å². The molecule has 1 heterocycles. The van der Waals surface area contributed by atoms with E-state index in [0.717, 1.165) is 32.9 Å². The van der Waals surface area contributed by atoms with Gasteiger partial charge in [0.25, 0.3) is 0 Å². The summed E-state index contributed by atoms with van der Waals surface area (Å²) >= 11 is 6.11. The van der Waals surface area contributed by atoms with Crippen LogP contribution >= 0.6 is 11.6 Å². The largest absolute Gasteiger partial charge is 0.397 e. The Morgan fingerprint density at radius 3 is 2.89 bits per heavy atom. The lowest BCUT2D eigenvalue weighted by molar-refractivity contribution is 1.12. The fraction of sp³-hybridized carbons (Fsp3) is 0.0714. The zero-order chi connectivity index (χ0) is 13.4. The Bertz CT molecular complexity index is 748. The van der Waals surface area contributed by atoms with E-state index in [-0.39, 0.29) is 0 Å². The molecule has 2 aromatic carbocycles. The number of hydrogen-bond donors (Lipinski definition) is 3. The third kappa shape index (κ3) is 2.22. The first kappa shape index (κ1) is 11.9. The number of hydrogen-bond acceptors (Lipinski definition) is 3. The molecule has 0 aliphatic heterocycles. The normalized spacial score (nSPS) is 10.8. The van der Waals surface area contributed by atoms with Gasteiger partial charge in [0, 0.05) is 16.1 Å². The minimum Gasteiger partial charge on any atom is -0.397 e. The molecule has 5 heteroatoms. The van der Waals surface area contributed by atoms with Gasteiger partial charge in [-0.15, -0.1) is 0 Å². The van der Waals surface area contributed by atoms with Crippen LogP contribution in [0.5, 0.6) is 0 Å². The smallest absolute Gasteiger partial charge is 0.0672 e. The van der Waals surface area contributed by atoms with E-state index in [1.54, 1.807) is 6.20 Å². The minimum atomic E-state index is 0.672. The van der Waals surface area contributed by atoms with Crippen LogP contribution in [0.4, 0.5) is 17.1 Å². The van der Waals surface area contributed by atoms with Crippen LogP contribution in [-0.4, -0.2) is 10.2 Å². The molecule has 0 atom stereocenters. The molecular formula is C14H13ClN4. The van der Waals surface area contributed by atoms with Gasteiger partial charge in [-0.2, -0.15) is 5.10 Å². The molecule has 0 aliphatic rings. The van der Waals surface area contributed by atoms with Gasteiger partial charge >= 0.3 is 0 Å². The number of fused-ring (bicyclic) bond motifs is 1. The van der Waals surface area contributed by atoms with Gasteiger partial charge in [-0.25, -0.2) is 0 Å². The predicted octanol–water partition coefficient (Wildman–Crippen LogP) is 3.85. The predicted molar refractivity (Wildman–Crippen MR) is 80.0 cm³/mol. The number of benzene rings is 2. The van der Waals surface area contributed by atoms with Gasteiger partial charge in [0.1, 0.15) is 0 Å². The molecule has 3 aromatic rings. The van der Waals surface area contributed by atoms with Crippen LogP contribution < -0.4 is 11.1 Å². The monoisotopic (exact) mass is 272 g/mol. The zero-order valence-electron chi connectivity index (χ0n) is 10.4. The van der Waals surface area contributed by atoms with Crippen molar-refractivity contribution in [3.63, 3.8) is 0 Å². The number of rotatable bonds is 2. The van der Waals surface area contributed by atoms with Crippen molar-refractivity contribution in [1.82, 2.24) is 10.2 Å². The molecule has 1 aromatic heterocycles. The first-order valence-electron chi connectivity index (χ1n) is 5.89. The SMILES string of the molecule is Cc1ccc(Nc2cc3[nH]ncc3cc2N)cc1Cl. The summed E-state index contributed by atoms with van der Waals surface area (Å²) < 4.78 is 0. The summed E-state index contributed by atoms with van der Waals surface area (Å²) in [6.45, 7) is 1.97. The van der Waals surface area contributed by atoms with Gasteiger partial charge in [-0.1, -0.05) is 17.7 Å². The van der Waals surface area contributed by atoms with Crippen molar-refractivity contribution in [2.24, 2.45) is 0 Å². The third-order valence-corrected chi connectivity index (χ3v) is 3.47. The van der Waals surface area contributed by atoms with Gasteiger partial charge in [0.05, 0.1) is 23.1 Å². The van der Waals surface area contributed by atoms with Crippen molar-refractivity contribution in [2.75, 3.05) is 11.1 Å². The highest BCUT2D eigenvalue weighted by Crippen LogP contribution is 2.29. The summed E-state index contributed by atoms with van der Waals surface area (Å²) in [5.41, 5.74) is 10.4. The van der Waals surface area contributed by atoms with E-state index in [1.165, 1.54) is 0 Å². The molecule has 0 radical (unpaired) electrons. The number of nitrogen functional groups attached to an aromatic ring is 1. The second-order valence-corrected chi connectivity index (χ2v) is 4.89. The summed E-state index contributed by atoms with van der Waals surface area (Å²) in [6, 6.07) is 9.64. The van der Waals surface area contributed by atoms with E-state index >= 15 is 0 Å². The maximum absolute atomic E-state index is 6.11. The van der Waals surface area contributed by atoms with Crippen LogP contribution in [0, 0.1) is 6.92 Å². The van der Waals surface area contributed by atoms with E-state index in [4.69, 9.17) is 17.3 Å². The van der Waals surface area contributed by atoms with Gasteiger partial charge in [0.15, 0.2) is 0 Å². The second kappa shape index (κ2) is 4.48. The standard InChI is InChI=1S/C14H13ClN4/c1-8-2-3-10(5-11(8)15)18-14-6-13-9(4-12(14)16)7-17-19-13/h2-7,18H,16H2,1H3,(H,17,19). The molecule has 0 saturated heterocycles. The van der Waals surface area contributed by atoms with E-state index in [0.29, 0.717) is 5.69 Å². The summed E-state index contributed by atoms with van der Waals surface area (Å²) in [6.07, 6.45) is 1.75. The first-order valence-corrected chi connectivity index (χ1v) is 6.27. The van der Waals surface area contributed by atoms with Gasteiger partial charge in [-0.05, 0) is 36.8 Å². The summed E-state index contributed by atoms with van der Waals surface area (Å²) in [5.74, 6) is 0. The minimum absolute atomic E-state index is 0.672. The number of nitrogens with one attached hydrogen (secondary N) is 2. The summed E-state index contributed by atoms with van der Waals surface area (Å²) in [4.78, 5) is 0. The Labute approximate surface area is 115 Å². The molecule has 0 amide bonds. The van der Waals surface area contributed by atoms with Crippen LogP contribution in [-0.2, 0) is 0 Å². The quantitative estimate of drug-likeness (QED) is 0.621. The Kier molecular flexibility index (Phi) is 2.80. The second-order valence-electron chi connectivity index (χ2n) is 4.49. The lowest BCUT2D eigenvalue weighted by atomic mass is 10.2. The lowest BCUT2D eigenvalue weighted by Gasteiger charge is -2.10. The van der Waals surface area contributed by atoms with Crippen LogP contribution in [0.1, 0.15) is 5.56 Å². The molecule has 0 unspecified atom stereocenters. The highest BCUT2D eigenvalue weighted by atomic mass is 35.5. The number of aryl methyl sites for hydroxylation is 1. The Balaban J connectivity index is 1.99. The van der Waals surface area contributed by atoms with Gasteiger partial charge < -0.3 is 11.1 Å². The Morgan fingerprint density at radius 2 is 2.11 bits per heavy atom. The number of H-pyrrole nitrogens is 1. The lowest BCUT2D eigenvalue weighted by Crippen LogP contribution is -1.96. The maximum atomic E-state index is 6.11. The third-order valence-electron chi connectivity index (χ3n) is 3.06. The molecule has 4 N–H and O–H groups in total. The zero-order valence-corrected chi connectivity index (χ0v) is 11.1. The fourth-order valence-corrected chi connectivity index (χ4v) is 2.12. The van der Waals surface area contributed by atoms with Crippen molar-refractivity contribution in [2.45, 2.75) is 6.92 Å². The van der Waals surface area contributed by atoms with E-state index in [1.807, 2.05) is 37.3 Å². The van der Waals surface area contributed by atoms with Gasteiger partial charge in [-0.3, -0.25) is 5.10 Å². The molecule has 96 valence electrons. The average molecular weight is 273 g/mol. The molecule has 0 saturated carbocycles. The van der Waals surface area contributed by atoms with Crippen LogP contribution in [0.3, 0.4) is 0 Å². The number of aromatic nitrogens is 2. The molecule has 0 aliphatic carbocycles. The fourth-order valence-electron chi connectivity index (χ4n) is 1.94. The summed E-state index contributed by atoms with van der Waals surface area (Å²) in [5, 5.41) is 11.9. The van der Waals surface area contributed by atoms with Crippen molar-refractivity contribution < 1.29 is 0 Å². The van der Waals surface area contributed by atoms with E-state index in [2.05, 4.69) is 15.5 Å². The highest BCUT2D eigenvalue weighted by molar-refractivity contribution is 6.31. The number of aromatic amines is 1. The van der Waals surface area contributed by atoms with E-state index in [9.17, 15) is 0 Å². The van der Waals surface area contributed by atoms with Crippen LogP contribution in [0.25, 0.3) is 10.9 Å². The average Bonchev–Trinajstić information content (AvgIpc) is 2.81. The molecule has 19 heavy (non-hydrogen) atoms. The molecule has 0 spiro atoms. The Morgan fingerprint density at radius 1 is 1.26 bits per heavy atom. The number of halogens is 1. The maximum Gasteiger partial charge on any atom is 0.0672 e. The highest BCUT2D eigenvalue weighted by Gasteiger charge is 2.05.